The van der Waals surface area contributed by atoms with Crippen molar-refractivity contribution in [2.24, 2.45) is 0 Å². The minimum Gasteiger partial charge on any atom is -0.337 e. The minimum absolute atomic E-state index is 0.0535. The van der Waals surface area contributed by atoms with Gasteiger partial charge in [0.1, 0.15) is 0 Å². The normalized spacial score (nSPS) is 18.5. The predicted molar refractivity (Wildman–Crippen MR) is 90.6 cm³/mol. The summed E-state index contributed by atoms with van der Waals surface area (Å²) in [6.07, 6.45) is 5.59. The molecule has 1 amide bonds. The second-order valence-corrected chi connectivity index (χ2v) is 8.24. The van der Waals surface area contributed by atoms with Crippen LogP contribution >= 0.6 is 0 Å². The Morgan fingerprint density at radius 2 is 2.04 bits per heavy atom. The highest BCUT2D eigenvalue weighted by molar-refractivity contribution is 7.91. The second kappa shape index (κ2) is 6.76. The Hall–Kier alpha value is -2.15. The summed E-state index contributed by atoms with van der Waals surface area (Å²) in [6, 6.07) is 8.30. The molecule has 7 heteroatoms. The van der Waals surface area contributed by atoms with Gasteiger partial charge in [-0.05, 0) is 43.2 Å². The van der Waals surface area contributed by atoms with Crippen LogP contribution in [0.5, 0.6) is 0 Å². The average Bonchev–Trinajstić information content (AvgIpc) is 3.16. The largest absolute Gasteiger partial charge is 0.337 e. The molecule has 128 valence electrons. The van der Waals surface area contributed by atoms with Gasteiger partial charge in [0.15, 0.2) is 9.84 Å². The number of amides is 1. The van der Waals surface area contributed by atoms with Crippen molar-refractivity contribution in [1.29, 1.82) is 0 Å². The Balaban J connectivity index is 1.74. The molecule has 0 N–H and O–H groups in total. The first-order chi connectivity index (χ1) is 11.5. The van der Waals surface area contributed by atoms with Gasteiger partial charge in [-0.1, -0.05) is 6.92 Å². The monoisotopic (exact) mass is 347 g/mol. The summed E-state index contributed by atoms with van der Waals surface area (Å²) in [5, 5.41) is 4.27. The van der Waals surface area contributed by atoms with Gasteiger partial charge >= 0.3 is 0 Å². The van der Waals surface area contributed by atoms with Gasteiger partial charge in [-0.2, -0.15) is 5.10 Å². The van der Waals surface area contributed by atoms with Crippen molar-refractivity contribution in [2.75, 3.05) is 18.8 Å². The summed E-state index contributed by atoms with van der Waals surface area (Å²) in [7, 11) is -3.24. The lowest BCUT2D eigenvalue weighted by Gasteiger charge is -2.33. The fraction of sp³-hybridized carbons (Fsp3) is 0.412. The highest BCUT2D eigenvalue weighted by Crippen LogP contribution is 2.22. The number of aromatic nitrogens is 2. The van der Waals surface area contributed by atoms with Crippen LogP contribution in [0, 0.1) is 0 Å². The third-order valence-corrected chi connectivity index (χ3v) is 6.17. The van der Waals surface area contributed by atoms with Crippen molar-refractivity contribution in [3.63, 3.8) is 0 Å². The maximum Gasteiger partial charge on any atom is 0.253 e. The zero-order valence-corrected chi connectivity index (χ0v) is 14.4. The molecule has 1 aromatic carbocycles. The SMILES string of the molecule is CCS(=O)(=O)c1ccc(C(=O)N2CCCC(n3cccn3)C2)cc1. The molecule has 3 rings (SSSR count). The van der Waals surface area contributed by atoms with Crippen LogP contribution in [0.3, 0.4) is 0 Å². The van der Waals surface area contributed by atoms with E-state index in [1.807, 2.05) is 21.8 Å². The number of carbonyl (C=O) groups excluding carboxylic acids is 1. The van der Waals surface area contributed by atoms with Crippen LogP contribution in [0.2, 0.25) is 0 Å². The number of rotatable bonds is 4. The summed E-state index contributed by atoms with van der Waals surface area (Å²) < 4.78 is 25.6. The number of hydrogen-bond acceptors (Lipinski definition) is 4. The van der Waals surface area contributed by atoms with Crippen LogP contribution in [-0.2, 0) is 9.84 Å². The van der Waals surface area contributed by atoms with Crippen LogP contribution in [0.25, 0.3) is 0 Å². The van der Waals surface area contributed by atoms with Crippen LogP contribution in [-0.4, -0.2) is 47.8 Å². The fourth-order valence-electron chi connectivity index (χ4n) is 3.01. The van der Waals surface area contributed by atoms with Crippen LogP contribution in [0.4, 0.5) is 0 Å². The maximum absolute atomic E-state index is 12.7. The van der Waals surface area contributed by atoms with E-state index in [4.69, 9.17) is 0 Å². The molecule has 1 fully saturated rings. The van der Waals surface area contributed by atoms with Gasteiger partial charge in [-0.25, -0.2) is 8.42 Å². The van der Waals surface area contributed by atoms with E-state index in [2.05, 4.69) is 5.10 Å². The van der Waals surface area contributed by atoms with Gasteiger partial charge in [0.2, 0.25) is 0 Å². The Bertz CT molecular complexity index is 798. The van der Waals surface area contributed by atoms with Gasteiger partial charge in [0.25, 0.3) is 5.91 Å². The first-order valence-electron chi connectivity index (χ1n) is 8.12. The number of carbonyl (C=O) groups is 1. The molecule has 24 heavy (non-hydrogen) atoms. The van der Waals surface area contributed by atoms with Crippen molar-refractivity contribution in [3.05, 3.63) is 48.3 Å². The molecule has 0 aliphatic carbocycles. The lowest BCUT2D eigenvalue weighted by Crippen LogP contribution is -2.40. The van der Waals surface area contributed by atoms with Crippen LogP contribution in [0.1, 0.15) is 36.2 Å². The van der Waals surface area contributed by atoms with Crippen molar-refractivity contribution in [1.82, 2.24) is 14.7 Å². The molecule has 2 aromatic rings. The summed E-state index contributed by atoms with van der Waals surface area (Å²) in [5.41, 5.74) is 0.520. The predicted octanol–water partition coefficient (Wildman–Crippen LogP) is 2.15. The van der Waals surface area contributed by atoms with Gasteiger partial charge in [0, 0.05) is 31.0 Å². The standard InChI is InChI=1S/C17H21N3O3S/c1-2-24(22,23)16-8-6-14(7-9-16)17(21)19-11-3-5-15(13-19)20-12-4-10-18-20/h4,6-10,12,15H,2-3,5,11,13H2,1H3. The molecule has 1 saturated heterocycles. The Morgan fingerprint density at radius 1 is 1.29 bits per heavy atom. The number of nitrogens with zero attached hydrogens (tertiary/aromatic N) is 3. The van der Waals surface area contributed by atoms with E-state index < -0.39 is 9.84 Å². The van der Waals surface area contributed by atoms with Gasteiger partial charge in [-0.3, -0.25) is 9.48 Å². The molecule has 2 heterocycles. The Labute approximate surface area is 142 Å². The van der Waals surface area contributed by atoms with Gasteiger partial charge < -0.3 is 4.90 Å². The molecule has 0 saturated carbocycles. The molecular weight excluding hydrogens is 326 g/mol. The van der Waals surface area contributed by atoms with Crippen LogP contribution in [0.15, 0.2) is 47.6 Å². The first-order valence-corrected chi connectivity index (χ1v) is 9.77. The lowest BCUT2D eigenvalue weighted by atomic mass is 10.0. The molecular formula is C17H21N3O3S. The summed E-state index contributed by atoms with van der Waals surface area (Å²) in [5.74, 6) is -0.00914. The highest BCUT2D eigenvalue weighted by Gasteiger charge is 2.26. The number of likely N-dealkylation sites (tertiary alicyclic amines) is 1. The zero-order chi connectivity index (χ0) is 17.2. The van der Waals surface area contributed by atoms with Crippen molar-refractivity contribution >= 4 is 15.7 Å². The lowest BCUT2D eigenvalue weighted by molar-refractivity contribution is 0.0673. The molecule has 6 nitrogen and oxygen atoms in total. The van der Waals surface area contributed by atoms with E-state index in [0.717, 1.165) is 12.8 Å². The number of benzene rings is 1. The van der Waals surface area contributed by atoms with Crippen molar-refractivity contribution < 1.29 is 13.2 Å². The first kappa shape index (κ1) is 16.7. The molecule has 0 spiro atoms. The average molecular weight is 347 g/mol. The molecule has 0 bridgehead atoms. The fourth-order valence-corrected chi connectivity index (χ4v) is 3.89. The highest BCUT2D eigenvalue weighted by atomic mass is 32.2. The molecule has 1 atom stereocenters. The molecule has 1 aliphatic heterocycles. The summed E-state index contributed by atoms with van der Waals surface area (Å²) in [6.45, 7) is 2.94. The van der Waals surface area contributed by atoms with Crippen LogP contribution < -0.4 is 0 Å². The van der Waals surface area contributed by atoms with E-state index in [-0.39, 0.29) is 22.6 Å². The topological polar surface area (TPSA) is 72.3 Å². The summed E-state index contributed by atoms with van der Waals surface area (Å²) >= 11 is 0. The van der Waals surface area contributed by atoms with E-state index in [1.54, 1.807) is 25.3 Å². The van der Waals surface area contributed by atoms with Crippen molar-refractivity contribution in [3.8, 4) is 0 Å². The molecule has 0 radical (unpaired) electrons. The number of hydrogen-bond donors (Lipinski definition) is 0. The van der Waals surface area contributed by atoms with Gasteiger partial charge in [-0.15, -0.1) is 0 Å². The van der Waals surface area contributed by atoms with Gasteiger partial charge in [0.05, 0.1) is 16.7 Å². The molecule has 1 unspecified atom stereocenters. The Morgan fingerprint density at radius 3 is 2.67 bits per heavy atom. The zero-order valence-electron chi connectivity index (χ0n) is 13.6. The second-order valence-electron chi connectivity index (χ2n) is 5.96. The minimum atomic E-state index is -3.24. The number of piperidine rings is 1. The van der Waals surface area contributed by atoms with E-state index in [9.17, 15) is 13.2 Å². The molecule has 1 aromatic heterocycles. The third-order valence-electron chi connectivity index (χ3n) is 4.42. The number of sulfone groups is 1. The smallest absolute Gasteiger partial charge is 0.253 e. The van der Waals surface area contributed by atoms with E-state index in [1.165, 1.54) is 12.1 Å². The third kappa shape index (κ3) is 3.36. The Kier molecular flexibility index (Phi) is 4.71. The molecule has 1 aliphatic rings. The summed E-state index contributed by atoms with van der Waals surface area (Å²) in [4.78, 5) is 14.8. The maximum atomic E-state index is 12.7. The quantitative estimate of drug-likeness (QED) is 0.849. The van der Waals surface area contributed by atoms with E-state index >= 15 is 0 Å². The van der Waals surface area contributed by atoms with Crippen molar-refractivity contribution in [2.45, 2.75) is 30.7 Å². The van der Waals surface area contributed by atoms with E-state index in [0.29, 0.717) is 18.7 Å².